The number of carbonyl (C=O) groups is 3. The lowest BCUT2D eigenvalue weighted by molar-refractivity contribution is -0.150. The van der Waals surface area contributed by atoms with Gasteiger partial charge in [0.15, 0.2) is 0 Å². The van der Waals surface area contributed by atoms with E-state index in [1.807, 2.05) is 0 Å². The van der Waals surface area contributed by atoms with Gasteiger partial charge in [-0.1, -0.05) is 0 Å². The molecule has 0 aromatic carbocycles. The van der Waals surface area contributed by atoms with E-state index >= 15 is 0 Å². The minimum atomic E-state index is -0.627. The Hall–Kier alpha value is -1.79. The third-order valence-corrected chi connectivity index (χ3v) is 3.73. The van der Waals surface area contributed by atoms with Crippen molar-refractivity contribution in [3.05, 3.63) is 0 Å². The van der Waals surface area contributed by atoms with Gasteiger partial charge in [0.2, 0.25) is 5.91 Å². The van der Waals surface area contributed by atoms with Crippen LogP contribution in [-0.2, 0) is 19.1 Å². The molecule has 2 rings (SSSR count). The maximum Gasteiger partial charge on any atom is 0.408 e. The fraction of sp³-hybridized carbons (Fsp3) is 0.786. The van der Waals surface area contributed by atoms with E-state index in [0.29, 0.717) is 12.8 Å². The van der Waals surface area contributed by atoms with Crippen LogP contribution in [-0.4, -0.2) is 53.7 Å². The van der Waals surface area contributed by atoms with Gasteiger partial charge in [0.25, 0.3) is 0 Å². The third-order valence-electron chi connectivity index (χ3n) is 3.73. The van der Waals surface area contributed by atoms with Crippen molar-refractivity contribution < 1.29 is 23.9 Å². The van der Waals surface area contributed by atoms with Crippen LogP contribution in [0.3, 0.4) is 0 Å². The highest BCUT2D eigenvalue weighted by Gasteiger charge is 2.50. The Labute approximate surface area is 123 Å². The summed E-state index contributed by atoms with van der Waals surface area (Å²) in [7, 11) is 1.31. The second kappa shape index (κ2) is 5.54. The van der Waals surface area contributed by atoms with Gasteiger partial charge in [-0.25, -0.2) is 9.59 Å². The summed E-state index contributed by atoms with van der Waals surface area (Å²) in [6, 6.07) is -1.17. The number of alkyl carbamates (subject to hydrolysis) is 1. The van der Waals surface area contributed by atoms with Crippen molar-refractivity contribution in [2.75, 3.05) is 7.11 Å². The molecule has 0 saturated carbocycles. The van der Waals surface area contributed by atoms with Gasteiger partial charge >= 0.3 is 12.1 Å². The van der Waals surface area contributed by atoms with E-state index in [2.05, 4.69) is 5.32 Å². The SMILES string of the molecule is COC(=O)[C@H]1CC[C@@H]2C[C@H](NC(=O)OC(C)(C)C)C(=O)N21. The van der Waals surface area contributed by atoms with Crippen molar-refractivity contribution in [3.63, 3.8) is 0 Å². The number of amides is 2. The molecule has 118 valence electrons. The second-order valence-corrected chi connectivity index (χ2v) is 6.45. The quantitative estimate of drug-likeness (QED) is 0.763. The van der Waals surface area contributed by atoms with Crippen LogP contribution in [0.25, 0.3) is 0 Å². The Morgan fingerprint density at radius 1 is 1.29 bits per heavy atom. The molecular weight excluding hydrogens is 276 g/mol. The van der Waals surface area contributed by atoms with E-state index in [1.54, 1.807) is 25.7 Å². The molecule has 0 unspecified atom stereocenters. The largest absolute Gasteiger partial charge is 0.467 e. The van der Waals surface area contributed by atoms with Crippen molar-refractivity contribution >= 4 is 18.0 Å². The van der Waals surface area contributed by atoms with Crippen molar-refractivity contribution in [2.24, 2.45) is 0 Å². The Morgan fingerprint density at radius 3 is 2.52 bits per heavy atom. The molecule has 0 aromatic heterocycles. The first kappa shape index (κ1) is 15.6. The maximum absolute atomic E-state index is 12.4. The molecule has 2 aliphatic rings. The molecule has 21 heavy (non-hydrogen) atoms. The van der Waals surface area contributed by atoms with Crippen molar-refractivity contribution in [2.45, 2.75) is 63.8 Å². The van der Waals surface area contributed by atoms with Gasteiger partial charge in [-0.15, -0.1) is 0 Å². The zero-order valence-electron chi connectivity index (χ0n) is 12.8. The zero-order valence-corrected chi connectivity index (χ0v) is 12.8. The van der Waals surface area contributed by atoms with Gasteiger partial charge in [-0.2, -0.15) is 0 Å². The number of carbonyl (C=O) groups excluding carboxylic acids is 3. The number of methoxy groups -OCH3 is 1. The molecule has 7 nitrogen and oxygen atoms in total. The lowest BCUT2D eigenvalue weighted by atomic mass is 10.1. The molecule has 2 fully saturated rings. The number of rotatable bonds is 2. The van der Waals surface area contributed by atoms with Crippen LogP contribution in [0.4, 0.5) is 4.79 Å². The monoisotopic (exact) mass is 298 g/mol. The van der Waals surface area contributed by atoms with Gasteiger partial charge in [-0.05, 0) is 40.0 Å². The van der Waals surface area contributed by atoms with Crippen LogP contribution in [0, 0.1) is 0 Å². The van der Waals surface area contributed by atoms with E-state index in [0.717, 1.165) is 6.42 Å². The lowest BCUT2D eigenvalue weighted by Gasteiger charge is -2.23. The van der Waals surface area contributed by atoms with E-state index in [1.165, 1.54) is 7.11 Å². The molecule has 2 amide bonds. The number of hydrogen-bond donors (Lipinski definition) is 1. The summed E-state index contributed by atoms with van der Waals surface area (Å²) in [5.74, 6) is -0.637. The Morgan fingerprint density at radius 2 is 1.95 bits per heavy atom. The predicted octanol–water partition coefficient (Wildman–Crippen LogP) is 0.816. The number of esters is 1. The van der Waals surface area contributed by atoms with E-state index < -0.39 is 29.7 Å². The van der Waals surface area contributed by atoms with Crippen molar-refractivity contribution in [3.8, 4) is 0 Å². The van der Waals surface area contributed by atoms with Crippen LogP contribution in [0.2, 0.25) is 0 Å². The summed E-state index contributed by atoms with van der Waals surface area (Å²) >= 11 is 0. The van der Waals surface area contributed by atoms with Crippen molar-refractivity contribution in [1.82, 2.24) is 10.2 Å². The number of fused-ring (bicyclic) bond motifs is 1. The maximum atomic E-state index is 12.4. The number of nitrogens with one attached hydrogen (secondary N) is 1. The summed E-state index contributed by atoms with van der Waals surface area (Å²) in [4.78, 5) is 37.4. The molecule has 0 aliphatic carbocycles. The van der Waals surface area contributed by atoms with Crippen LogP contribution in [0.15, 0.2) is 0 Å². The fourth-order valence-corrected chi connectivity index (χ4v) is 2.94. The Balaban J connectivity index is 1.99. The first-order valence-corrected chi connectivity index (χ1v) is 7.12. The predicted molar refractivity (Wildman–Crippen MR) is 73.4 cm³/mol. The molecule has 2 aliphatic heterocycles. The third kappa shape index (κ3) is 3.28. The van der Waals surface area contributed by atoms with Crippen LogP contribution < -0.4 is 5.32 Å². The molecule has 1 N–H and O–H groups in total. The highest BCUT2D eigenvalue weighted by atomic mass is 16.6. The number of hydrogen-bond acceptors (Lipinski definition) is 5. The lowest BCUT2D eigenvalue weighted by Crippen LogP contribution is -2.47. The highest BCUT2D eigenvalue weighted by molar-refractivity contribution is 5.92. The summed E-state index contributed by atoms with van der Waals surface area (Å²) in [6.45, 7) is 5.28. The molecule has 0 bridgehead atoms. The summed E-state index contributed by atoms with van der Waals surface area (Å²) in [6.07, 6.45) is 1.25. The summed E-state index contributed by atoms with van der Waals surface area (Å²) in [5, 5.41) is 2.59. The van der Waals surface area contributed by atoms with Crippen LogP contribution in [0.5, 0.6) is 0 Å². The summed E-state index contributed by atoms with van der Waals surface area (Å²) in [5.41, 5.74) is -0.615. The average Bonchev–Trinajstić information content (AvgIpc) is 2.88. The smallest absolute Gasteiger partial charge is 0.408 e. The first-order chi connectivity index (χ1) is 9.73. The molecule has 7 heteroatoms. The molecular formula is C14H22N2O5. The molecule has 3 atom stereocenters. The molecule has 0 radical (unpaired) electrons. The van der Waals surface area contributed by atoms with E-state index in [9.17, 15) is 14.4 Å². The standard InChI is InChI=1S/C14H22N2O5/c1-14(2,3)21-13(19)15-9-7-8-5-6-10(12(18)20-4)16(8)11(9)17/h8-10H,5-7H2,1-4H3,(H,15,19)/t8-,9+,10-/m1/s1. The summed E-state index contributed by atoms with van der Waals surface area (Å²) < 4.78 is 9.88. The molecule has 0 aromatic rings. The Bertz CT molecular complexity index is 457. The first-order valence-electron chi connectivity index (χ1n) is 7.12. The number of ether oxygens (including phenoxy) is 2. The van der Waals surface area contributed by atoms with Gasteiger partial charge in [0, 0.05) is 6.04 Å². The normalized spacial score (nSPS) is 28.3. The molecule has 0 spiro atoms. The van der Waals surface area contributed by atoms with E-state index in [-0.39, 0.29) is 11.9 Å². The van der Waals surface area contributed by atoms with Crippen LogP contribution in [0.1, 0.15) is 40.0 Å². The average molecular weight is 298 g/mol. The van der Waals surface area contributed by atoms with Crippen LogP contribution >= 0.6 is 0 Å². The fourth-order valence-electron chi connectivity index (χ4n) is 2.94. The van der Waals surface area contributed by atoms with Gasteiger partial charge < -0.3 is 19.7 Å². The minimum Gasteiger partial charge on any atom is -0.467 e. The highest BCUT2D eigenvalue weighted by Crippen LogP contribution is 2.34. The topological polar surface area (TPSA) is 84.9 Å². The van der Waals surface area contributed by atoms with E-state index in [4.69, 9.17) is 9.47 Å². The minimum absolute atomic E-state index is 0.0125. The van der Waals surface area contributed by atoms with Gasteiger partial charge in [0.05, 0.1) is 7.11 Å². The zero-order chi connectivity index (χ0) is 15.8. The molecule has 2 heterocycles. The molecule has 2 saturated heterocycles. The number of nitrogens with zero attached hydrogens (tertiary/aromatic N) is 1. The second-order valence-electron chi connectivity index (χ2n) is 6.45. The Kier molecular flexibility index (Phi) is 4.11. The van der Waals surface area contributed by atoms with Gasteiger partial charge in [-0.3, -0.25) is 4.79 Å². The van der Waals surface area contributed by atoms with Crippen molar-refractivity contribution in [1.29, 1.82) is 0 Å². The van der Waals surface area contributed by atoms with Gasteiger partial charge in [0.1, 0.15) is 17.7 Å².